The second-order valence-corrected chi connectivity index (χ2v) is 4.92. The molecule has 0 atom stereocenters. The van der Waals surface area contributed by atoms with Gasteiger partial charge in [0.05, 0.1) is 18.9 Å². The van der Waals surface area contributed by atoms with E-state index in [1.807, 2.05) is 36.4 Å². The van der Waals surface area contributed by atoms with Crippen LogP contribution in [0.5, 0.6) is 11.5 Å². The summed E-state index contributed by atoms with van der Waals surface area (Å²) in [7, 11) is 1.54. The fourth-order valence-corrected chi connectivity index (χ4v) is 2.20. The topological polar surface area (TPSA) is 73.6 Å². The number of amides is 1. The minimum atomic E-state index is -0.352. The molecule has 122 valence electrons. The van der Waals surface area contributed by atoms with Crippen LogP contribution in [0.15, 0.2) is 65.3 Å². The van der Waals surface area contributed by atoms with Gasteiger partial charge in [-0.25, -0.2) is 0 Å². The Balaban J connectivity index is 1.65. The predicted molar refractivity (Wildman–Crippen MR) is 89.1 cm³/mol. The van der Waals surface area contributed by atoms with Crippen LogP contribution in [-0.2, 0) is 4.79 Å². The predicted octanol–water partition coefficient (Wildman–Crippen LogP) is 3.37. The van der Waals surface area contributed by atoms with Crippen LogP contribution in [0.25, 0.3) is 11.1 Å². The van der Waals surface area contributed by atoms with Gasteiger partial charge >= 0.3 is 0 Å². The number of benzene rings is 2. The Morgan fingerprint density at radius 2 is 1.79 bits per heavy atom. The number of nitrogens with one attached hydrogen (secondary N) is 1. The van der Waals surface area contributed by atoms with Crippen molar-refractivity contribution < 1.29 is 18.8 Å². The number of rotatable bonds is 6. The van der Waals surface area contributed by atoms with Crippen molar-refractivity contribution in [3.63, 3.8) is 0 Å². The Hall–Kier alpha value is -3.28. The average molecular weight is 324 g/mol. The van der Waals surface area contributed by atoms with Gasteiger partial charge in [-0.2, -0.15) is 0 Å². The molecule has 0 radical (unpaired) electrons. The Bertz CT molecular complexity index is 815. The second kappa shape index (κ2) is 7.32. The van der Waals surface area contributed by atoms with Crippen molar-refractivity contribution in [3.05, 3.63) is 60.8 Å². The van der Waals surface area contributed by atoms with Gasteiger partial charge in [0.2, 0.25) is 5.88 Å². The van der Waals surface area contributed by atoms with E-state index in [9.17, 15) is 4.79 Å². The van der Waals surface area contributed by atoms with E-state index in [-0.39, 0.29) is 18.4 Å². The molecule has 0 unspecified atom stereocenters. The standard InChI is InChI=1S/C18H16N2O4/c1-22-15-9-5-6-10-16(15)23-12-17(21)20-18-14(11-19-24-18)13-7-3-2-4-8-13/h2-11H,12H2,1H3,(H,20,21). The Kier molecular flexibility index (Phi) is 4.76. The smallest absolute Gasteiger partial charge is 0.264 e. The molecular weight excluding hydrogens is 308 g/mol. The molecule has 2 aromatic carbocycles. The quantitative estimate of drug-likeness (QED) is 0.752. The van der Waals surface area contributed by atoms with Crippen molar-refractivity contribution in [1.29, 1.82) is 0 Å². The van der Waals surface area contributed by atoms with E-state index in [1.54, 1.807) is 31.5 Å². The Labute approximate surface area is 139 Å². The average Bonchev–Trinajstić information content (AvgIpc) is 3.09. The first kappa shape index (κ1) is 15.6. The summed E-state index contributed by atoms with van der Waals surface area (Å²) in [6.07, 6.45) is 1.56. The zero-order chi connectivity index (χ0) is 16.8. The van der Waals surface area contributed by atoms with E-state index in [2.05, 4.69) is 10.5 Å². The molecule has 6 heteroatoms. The summed E-state index contributed by atoms with van der Waals surface area (Å²) in [6.45, 7) is -0.171. The molecule has 0 aliphatic rings. The third kappa shape index (κ3) is 3.55. The number of anilines is 1. The first-order valence-corrected chi connectivity index (χ1v) is 7.33. The van der Waals surface area contributed by atoms with E-state index >= 15 is 0 Å². The molecule has 3 aromatic rings. The third-order valence-corrected chi connectivity index (χ3v) is 3.34. The third-order valence-electron chi connectivity index (χ3n) is 3.34. The number of hydrogen-bond acceptors (Lipinski definition) is 5. The highest BCUT2D eigenvalue weighted by molar-refractivity contribution is 5.94. The summed E-state index contributed by atoms with van der Waals surface area (Å²) in [6, 6.07) is 16.7. The zero-order valence-electron chi connectivity index (χ0n) is 13.1. The molecular formula is C18H16N2O4. The van der Waals surface area contributed by atoms with Gasteiger partial charge < -0.3 is 14.0 Å². The number of carbonyl (C=O) groups is 1. The number of ether oxygens (including phenoxy) is 2. The van der Waals surface area contributed by atoms with Crippen molar-refractivity contribution in [2.75, 3.05) is 19.0 Å². The lowest BCUT2D eigenvalue weighted by atomic mass is 10.1. The number of nitrogens with zero attached hydrogens (tertiary/aromatic N) is 1. The molecule has 0 saturated carbocycles. The van der Waals surface area contributed by atoms with Gasteiger partial charge in [-0.15, -0.1) is 0 Å². The van der Waals surface area contributed by atoms with Crippen molar-refractivity contribution in [3.8, 4) is 22.6 Å². The Morgan fingerprint density at radius 1 is 1.08 bits per heavy atom. The van der Waals surface area contributed by atoms with Gasteiger partial charge in [-0.3, -0.25) is 10.1 Å². The molecule has 1 heterocycles. The van der Waals surface area contributed by atoms with Crippen LogP contribution in [0.3, 0.4) is 0 Å². The summed E-state index contributed by atoms with van der Waals surface area (Å²) in [5.74, 6) is 0.996. The van der Waals surface area contributed by atoms with Gasteiger partial charge in [0, 0.05) is 0 Å². The molecule has 1 N–H and O–H groups in total. The zero-order valence-corrected chi connectivity index (χ0v) is 13.1. The van der Waals surface area contributed by atoms with Crippen LogP contribution in [0.4, 0.5) is 5.88 Å². The molecule has 0 aliphatic heterocycles. The summed E-state index contributed by atoms with van der Waals surface area (Å²) in [5.41, 5.74) is 1.61. The number of para-hydroxylation sites is 2. The monoisotopic (exact) mass is 324 g/mol. The van der Waals surface area contributed by atoms with Crippen molar-refractivity contribution in [2.45, 2.75) is 0 Å². The molecule has 3 rings (SSSR count). The molecule has 1 aromatic heterocycles. The lowest BCUT2D eigenvalue weighted by molar-refractivity contribution is -0.118. The largest absolute Gasteiger partial charge is 0.493 e. The molecule has 0 fully saturated rings. The minimum absolute atomic E-state index is 0.171. The van der Waals surface area contributed by atoms with Crippen molar-refractivity contribution >= 4 is 11.8 Å². The molecule has 0 saturated heterocycles. The van der Waals surface area contributed by atoms with Crippen LogP contribution in [0, 0.1) is 0 Å². The van der Waals surface area contributed by atoms with Gasteiger partial charge in [-0.1, -0.05) is 47.6 Å². The van der Waals surface area contributed by atoms with Gasteiger partial charge in [0.1, 0.15) is 0 Å². The van der Waals surface area contributed by atoms with Crippen LogP contribution in [-0.4, -0.2) is 24.8 Å². The number of methoxy groups -OCH3 is 1. The summed E-state index contributed by atoms with van der Waals surface area (Å²) < 4.78 is 15.8. The number of carbonyl (C=O) groups excluding carboxylic acids is 1. The Morgan fingerprint density at radius 3 is 2.54 bits per heavy atom. The summed E-state index contributed by atoms with van der Waals surface area (Å²) in [4.78, 5) is 12.1. The molecule has 0 aliphatic carbocycles. The van der Waals surface area contributed by atoms with E-state index in [1.165, 1.54) is 0 Å². The molecule has 0 bridgehead atoms. The highest BCUT2D eigenvalue weighted by atomic mass is 16.5. The molecule has 1 amide bonds. The highest BCUT2D eigenvalue weighted by Crippen LogP contribution is 2.28. The second-order valence-electron chi connectivity index (χ2n) is 4.92. The van der Waals surface area contributed by atoms with Gasteiger partial charge in [0.25, 0.3) is 5.91 Å². The molecule has 24 heavy (non-hydrogen) atoms. The van der Waals surface area contributed by atoms with E-state index in [0.29, 0.717) is 17.1 Å². The van der Waals surface area contributed by atoms with Crippen molar-refractivity contribution in [2.24, 2.45) is 0 Å². The van der Waals surface area contributed by atoms with Crippen LogP contribution >= 0.6 is 0 Å². The van der Waals surface area contributed by atoms with E-state index < -0.39 is 0 Å². The fraction of sp³-hybridized carbons (Fsp3) is 0.111. The summed E-state index contributed by atoms with van der Waals surface area (Å²) in [5, 5.41) is 6.41. The lowest BCUT2D eigenvalue weighted by Crippen LogP contribution is -2.20. The molecule has 0 spiro atoms. The van der Waals surface area contributed by atoms with Crippen LogP contribution < -0.4 is 14.8 Å². The SMILES string of the molecule is COc1ccccc1OCC(=O)Nc1oncc1-c1ccccc1. The van der Waals surface area contributed by atoms with Crippen LogP contribution in [0.1, 0.15) is 0 Å². The summed E-state index contributed by atoms with van der Waals surface area (Å²) >= 11 is 0. The lowest BCUT2D eigenvalue weighted by Gasteiger charge is -2.10. The number of aromatic nitrogens is 1. The van der Waals surface area contributed by atoms with Crippen LogP contribution in [0.2, 0.25) is 0 Å². The first-order valence-electron chi connectivity index (χ1n) is 7.33. The van der Waals surface area contributed by atoms with Gasteiger partial charge in [0.15, 0.2) is 18.1 Å². The minimum Gasteiger partial charge on any atom is -0.493 e. The molecule has 6 nitrogen and oxygen atoms in total. The highest BCUT2D eigenvalue weighted by Gasteiger charge is 2.14. The maximum absolute atomic E-state index is 12.1. The van der Waals surface area contributed by atoms with Gasteiger partial charge in [-0.05, 0) is 17.7 Å². The van der Waals surface area contributed by atoms with Crippen molar-refractivity contribution in [1.82, 2.24) is 5.16 Å². The van der Waals surface area contributed by atoms with E-state index in [0.717, 1.165) is 5.56 Å². The fourth-order valence-electron chi connectivity index (χ4n) is 2.20. The normalized spacial score (nSPS) is 10.2. The maximum atomic E-state index is 12.1. The van der Waals surface area contributed by atoms with E-state index in [4.69, 9.17) is 14.0 Å². The maximum Gasteiger partial charge on any atom is 0.264 e. The first-order chi connectivity index (χ1) is 11.8. The number of hydrogen-bond donors (Lipinski definition) is 1.